The minimum atomic E-state index is -0.938. The maximum atomic E-state index is 13.4. The minimum absolute atomic E-state index is 0.180. The van der Waals surface area contributed by atoms with Gasteiger partial charge in [-0.15, -0.1) is 0 Å². The Morgan fingerprint density at radius 2 is 1.47 bits per heavy atom. The van der Waals surface area contributed by atoms with Crippen LogP contribution >= 0.6 is 0 Å². The lowest BCUT2D eigenvalue weighted by Gasteiger charge is -2.52. The fourth-order valence-corrected chi connectivity index (χ4v) is 4.66. The number of hydrogen-bond donors (Lipinski definition) is 1. The van der Waals surface area contributed by atoms with Gasteiger partial charge in [0.2, 0.25) is 5.91 Å². The Hall–Kier alpha value is -3.64. The zero-order valence-corrected chi connectivity index (χ0v) is 17.5. The van der Waals surface area contributed by atoms with Crippen LogP contribution in [0.15, 0.2) is 91.0 Å². The number of benzene rings is 3. The maximum absolute atomic E-state index is 13.4. The zero-order valence-electron chi connectivity index (χ0n) is 17.5. The monoisotopic (exact) mass is 428 g/mol. The van der Waals surface area contributed by atoms with Crippen LogP contribution in [0.4, 0.5) is 4.79 Å². The Kier molecular flexibility index (Phi) is 5.37. The first kappa shape index (κ1) is 20.3. The van der Waals surface area contributed by atoms with E-state index in [-0.39, 0.29) is 18.6 Å². The molecule has 0 aromatic heterocycles. The van der Waals surface area contributed by atoms with Gasteiger partial charge in [0.15, 0.2) is 0 Å². The van der Waals surface area contributed by atoms with Crippen LogP contribution in [0.3, 0.4) is 0 Å². The Bertz CT molecular complexity index is 1090. The molecule has 3 aromatic rings. The van der Waals surface area contributed by atoms with E-state index in [4.69, 9.17) is 4.74 Å². The smallest absolute Gasteiger partial charge is 0.411 e. The average Bonchev–Trinajstić information content (AvgIpc) is 3.22. The summed E-state index contributed by atoms with van der Waals surface area (Å²) in [5.74, 6) is -0.186. The number of aliphatic hydroxyl groups is 1. The van der Waals surface area contributed by atoms with Crippen LogP contribution in [0.25, 0.3) is 0 Å². The van der Waals surface area contributed by atoms with Gasteiger partial charge in [0.25, 0.3) is 0 Å². The van der Waals surface area contributed by atoms with E-state index in [0.717, 1.165) is 11.1 Å². The number of amides is 2. The third kappa shape index (κ3) is 3.52. The normalized spacial score (nSPS) is 23.6. The summed E-state index contributed by atoms with van der Waals surface area (Å²) in [6.07, 6.45) is -1.46. The third-order valence-corrected chi connectivity index (χ3v) is 6.28. The number of cyclic esters (lactones) is 1. The van der Waals surface area contributed by atoms with E-state index >= 15 is 0 Å². The summed E-state index contributed by atoms with van der Waals surface area (Å²) in [5, 5.41) is 11.3. The van der Waals surface area contributed by atoms with E-state index in [1.165, 1.54) is 4.90 Å². The molecule has 2 heterocycles. The van der Waals surface area contributed by atoms with Gasteiger partial charge in [-0.25, -0.2) is 4.79 Å². The lowest BCUT2D eigenvalue weighted by molar-refractivity contribution is -0.168. The standard InChI is InChI=1S/C26H24N2O4/c29-24(20-14-8-3-9-15-20)22-23(25(30)27(22)16-18-10-4-1-5-11-18)28-21(17-32-26(28)31)19-12-6-2-7-13-19/h1-15,21-24,29H,16-17H2/t21-,22+,23+,24+/m1/s1. The van der Waals surface area contributed by atoms with E-state index in [2.05, 4.69) is 0 Å². The van der Waals surface area contributed by atoms with Gasteiger partial charge in [0.05, 0.1) is 12.1 Å². The molecule has 0 saturated carbocycles. The number of aliphatic hydroxyl groups excluding tert-OH is 1. The van der Waals surface area contributed by atoms with Crippen LogP contribution in [-0.2, 0) is 16.1 Å². The number of carbonyl (C=O) groups excluding carboxylic acids is 2. The SMILES string of the molecule is O=C1[C@@H](N2C(=O)OC[C@@H]2c2ccccc2)[C@@H]([C@@H](O)c2ccccc2)N1Cc1ccccc1. The lowest BCUT2D eigenvalue weighted by Crippen LogP contribution is -2.72. The summed E-state index contributed by atoms with van der Waals surface area (Å²) in [6, 6.07) is 26.7. The summed E-state index contributed by atoms with van der Waals surface area (Å²) >= 11 is 0. The highest BCUT2D eigenvalue weighted by Crippen LogP contribution is 2.41. The molecule has 3 aromatic carbocycles. The van der Waals surface area contributed by atoms with E-state index in [9.17, 15) is 14.7 Å². The number of β-lactam (4-membered cyclic amide) rings is 1. The molecular formula is C26H24N2O4. The van der Waals surface area contributed by atoms with Gasteiger partial charge in [-0.1, -0.05) is 91.0 Å². The Morgan fingerprint density at radius 3 is 2.12 bits per heavy atom. The first-order valence-corrected chi connectivity index (χ1v) is 10.7. The molecule has 2 saturated heterocycles. The molecule has 0 aliphatic carbocycles. The highest BCUT2D eigenvalue weighted by molar-refractivity contribution is 5.93. The van der Waals surface area contributed by atoms with Crippen molar-refractivity contribution in [1.29, 1.82) is 0 Å². The molecule has 32 heavy (non-hydrogen) atoms. The fourth-order valence-electron chi connectivity index (χ4n) is 4.66. The van der Waals surface area contributed by atoms with Crippen molar-refractivity contribution >= 4 is 12.0 Å². The van der Waals surface area contributed by atoms with Crippen molar-refractivity contribution in [2.24, 2.45) is 0 Å². The van der Waals surface area contributed by atoms with E-state index in [1.807, 2.05) is 91.0 Å². The molecule has 6 nitrogen and oxygen atoms in total. The van der Waals surface area contributed by atoms with E-state index in [1.54, 1.807) is 4.90 Å². The molecule has 4 atom stereocenters. The van der Waals surface area contributed by atoms with Crippen LogP contribution in [0, 0.1) is 0 Å². The molecule has 0 radical (unpaired) electrons. The molecule has 0 spiro atoms. The molecule has 2 amide bonds. The molecular weight excluding hydrogens is 404 g/mol. The molecule has 6 heteroatoms. The largest absolute Gasteiger partial charge is 0.447 e. The molecule has 0 unspecified atom stereocenters. The Balaban J connectivity index is 1.49. The van der Waals surface area contributed by atoms with Crippen molar-refractivity contribution in [2.75, 3.05) is 6.61 Å². The van der Waals surface area contributed by atoms with Crippen molar-refractivity contribution in [1.82, 2.24) is 9.80 Å². The van der Waals surface area contributed by atoms with Gasteiger partial charge in [-0.2, -0.15) is 0 Å². The summed E-state index contributed by atoms with van der Waals surface area (Å²) < 4.78 is 5.36. The number of rotatable bonds is 6. The first-order chi connectivity index (χ1) is 15.6. The molecule has 0 bridgehead atoms. The number of ether oxygens (including phenoxy) is 1. The van der Waals surface area contributed by atoms with Crippen molar-refractivity contribution in [2.45, 2.75) is 30.8 Å². The van der Waals surface area contributed by atoms with Gasteiger partial charge in [-0.3, -0.25) is 9.69 Å². The number of likely N-dealkylation sites (tertiary alicyclic amines) is 1. The van der Waals surface area contributed by atoms with Gasteiger partial charge in [-0.05, 0) is 16.7 Å². The summed E-state index contributed by atoms with van der Waals surface area (Å²) in [4.78, 5) is 29.3. The first-order valence-electron chi connectivity index (χ1n) is 10.7. The van der Waals surface area contributed by atoms with Gasteiger partial charge < -0.3 is 14.7 Å². The topological polar surface area (TPSA) is 70.1 Å². The highest BCUT2D eigenvalue weighted by Gasteiger charge is 2.58. The van der Waals surface area contributed by atoms with Crippen LogP contribution in [-0.4, -0.2) is 45.6 Å². The number of hydrogen-bond acceptors (Lipinski definition) is 4. The predicted molar refractivity (Wildman–Crippen MR) is 118 cm³/mol. The Labute approximate surface area is 186 Å². The van der Waals surface area contributed by atoms with Crippen LogP contribution < -0.4 is 0 Å². The number of nitrogens with zero attached hydrogens (tertiary/aromatic N) is 2. The van der Waals surface area contributed by atoms with Gasteiger partial charge in [0, 0.05) is 6.54 Å². The lowest BCUT2D eigenvalue weighted by atomic mass is 9.84. The molecule has 1 N–H and O–H groups in total. The van der Waals surface area contributed by atoms with Crippen LogP contribution in [0.5, 0.6) is 0 Å². The third-order valence-electron chi connectivity index (χ3n) is 6.28. The second-order valence-electron chi connectivity index (χ2n) is 8.15. The predicted octanol–water partition coefficient (Wildman–Crippen LogP) is 3.69. The second kappa shape index (κ2) is 8.48. The van der Waals surface area contributed by atoms with Crippen molar-refractivity contribution in [3.63, 3.8) is 0 Å². The molecule has 2 aliphatic rings. The van der Waals surface area contributed by atoms with Gasteiger partial charge in [0.1, 0.15) is 18.8 Å². The molecule has 2 aliphatic heterocycles. The van der Waals surface area contributed by atoms with Crippen molar-refractivity contribution in [3.8, 4) is 0 Å². The van der Waals surface area contributed by atoms with Gasteiger partial charge >= 0.3 is 6.09 Å². The minimum Gasteiger partial charge on any atom is -0.447 e. The van der Waals surface area contributed by atoms with E-state index < -0.39 is 24.3 Å². The van der Waals surface area contributed by atoms with E-state index in [0.29, 0.717) is 12.1 Å². The second-order valence-corrected chi connectivity index (χ2v) is 8.15. The van der Waals surface area contributed by atoms with Crippen molar-refractivity contribution < 1.29 is 19.4 Å². The summed E-state index contributed by atoms with van der Waals surface area (Å²) in [6.45, 7) is 0.545. The highest BCUT2D eigenvalue weighted by atomic mass is 16.6. The summed E-state index contributed by atoms with van der Waals surface area (Å²) in [7, 11) is 0. The summed E-state index contributed by atoms with van der Waals surface area (Å²) in [5.41, 5.74) is 2.57. The van der Waals surface area contributed by atoms with Crippen molar-refractivity contribution in [3.05, 3.63) is 108 Å². The molecule has 162 valence electrons. The average molecular weight is 428 g/mol. The number of carbonyl (C=O) groups is 2. The quantitative estimate of drug-likeness (QED) is 0.608. The van der Waals surface area contributed by atoms with Crippen LogP contribution in [0.2, 0.25) is 0 Å². The molecule has 2 fully saturated rings. The molecule has 5 rings (SSSR count). The maximum Gasteiger partial charge on any atom is 0.411 e. The fraction of sp³-hybridized carbons (Fsp3) is 0.231. The van der Waals surface area contributed by atoms with Crippen LogP contribution in [0.1, 0.15) is 28.8 Å². The zero-order chi connectivity index (χ0) is 22.1. The Morgan fingerprint density at radius 1 is 0.875 bits per heavy atom.